The van der Waals surface area contributed by atoms with E-state index in [4.69, 9.17) is 11.6 Å². The summed E-state index contributed by atoms with van der Waals surface area (Å²) in [6, 6.07) is 11.4. The molecule has 7 nitrogen and oxygen atoms in total. The van der Waals surface area contributed by atoms with Gasteiger partial charge >= 0.3 is 11.2 Å². The predicted molar refractivity (Wildman–Crippen MR) is 96.8 cm³/mol. The molecule has 8 heteroatoms. The van der Waals surface area contributed by atoms with Crippen molar-refractivity contribution in [2.24, 2.45) is 5.10 Å². The Bertz CT molecular complexity index is 1270. The van der Waals surface area contributed by atoms with Gasteiger partial charge in [0.1, 0.15) is 11.3 Å². The molecule has 4 aromatic rings. The Labute approximate surface area is 144 Å². The Hall–Kier alpha value is -3.32. The number of aromatic amines is 2. The van der Waals surface area contributed by atoms with Gasteiger partial charge in [-0.25, -0.2) is 4.79 Å². The molecule has 0 fully saturated rings. The van der Waals surface area contributed by atoms with Crippen LogP contribution in [0.1, 0.15) is 5.56 Å². The maximum atomic E-state index is 12.6. The van der Waals surface area contributed by atoms with Crippen molar-refractivity contribution in [2.75, 3.05) is 0 Å². The van der Waals surface area contributed by atoms with E-state index in [1.807, 2.05) is 0 Å². The number of rotatable bonds is 2. The minimum Gasteiger partial charge on any atom is -0.508 e. The fourth-order valence-electron chi connectivity index (χ4n) is 2.65. The summed E-state index contributed by atoms with van der Waals surface area (Å²) in [6.07, 6.45) is 1.32. The molecule has 0 saturated carbocycles. The van der Waals surface area contributed by atoms with Gasteiger partial charge in [0.15, 0.2) is 0 Å². The van der Waals surface area contributed by atoms with E-state index in [2.05, 4.69) is 15.1 Å². The van der Waals surface area contributed by atoms with Crippen molar-refractivity contribution in [1.29, 1.82) is 0 Å². The zero-order chi connectivity index (χ0) is 17.6. The lowest BCUT2D eigenvalue weighted by Gasteiger charge is -1.98. The van der Waals surface area contributed by atoms with Crippen molar-refractivity contribution < 1.29 is 5.11 Å². The third-order valence-corrected chi connectivity index (χ3v) is 4.02. The number of H-pyrrole nitrogens is 2. The second-order valence-corrected chi connectivity index (χ2v) is 5.89. The lowest BCUT2D eigenvalue weighted by atomic mass is 10.2. The lowest BCUT2D eigenvalue weighted by Crippen LogP contribution is -2.32. The number of hydrogen-bond acceptors (Lipinski definition) is 4. The zero-order valence-corrected chi connectivity index (χ0v) is 13.4. The third kappa shape index (κ3) is 2.60. The highest BCUT2D eigenvalue weighted by Gasteiger charge is 2.12. The number of phenols is 1. The SMILES string of the molecule is O=c1[nH]c2c([nH]c3ccc(Cl)cc32)c(=O)n1/N=C\c1cccc(O)c1. The van der Waals surface area contributed by atoms with E-state index in [1.54, 1.807) is 30.3 Å². The second kappa shape index (κ2) is 5.64. The number of fused-ring (bicyclic) bond motifs is 3. The van der Waals surface area contributed by atoms with E-state index >= 15 is 0 Å². The summed E-state index contributed by atoms with van der Waals surface area (Å²) in [5.41, 5.74) is 0.593. The molecule has 0 radical (unpaired) electrons. The molecule has 0 spiro atoms. The van der Waals surface area contributed by atoms with Gasteiger partial charge < -0.3 is 15.1 Å². The Morgan fingerprint density at radius 1 is 1.08 bits per heavy atom. The lowest BCUT2D eigenvalue weighted by molar-refractivity contribution is 0.475. The molecule has 0 bridgehead atoms. The first-order chi connectivity index (χ1) is 12.0. The van der Waals surface area contributed by atoms with Gasteiger partial charge in [-0.1, -0.05) is 23.7 Å². The number of hydrogen-bond donors (Lipinski definition) is 3. The quantitative estimate of drug-likeness (QED) is 0.481. The van der Waals surface area contributed by atoms with Crippen LogP contribution in [0.4, 0.5) is 0 Å². The fourth-order valence-corrected chi connectivity index (χ4v) is 2.82. The molecular weight excluding hydrogens is 344 g/mol. The normalized spacial score (nSPS) is 11.7. The van der Waals surface area contributed by atoms with Crippen molar-refractivity contribution >= 4 is 39.8 Å². The molecular formula is C17H11ClN4O3. The molecule has 2 heterocycles. The van der Waals surface area contributed by atoms with E-state index in [1.165, 1.54) is 18.3 Å². The average molecular weight is 355 g/mol. The Balaban J connectivity index is 1.92. The first-order valence-electron chi connectivity index (χ1n) is 7.32. The number of aromatic nitrogens is 3. The summed E-state index contributed by atoms with van der Waals surface area (Å²) in [5.74, 6) is 0.0631. The molecule has 0 amide bonds. The highest BCUT2D eigenvalue weighted by atomic mass is 35.5. The first kappa shape index (κ1) is 15.2. The van der Waals surface area contributed by atoms with Crippen molar-refractivity contribution in [3.05, 3.63) is 73.9 Å². The molecule has 0 saturated heterocycles. The minimum absolute atomic E-state index is 0.0631. The van der Waals surface area contributed by atoms with Gasteiger partial charge in [0.25, 0.3) is 0 Å². The molecule has 0 unspecified atom stereocenters. The van der Waals surface area contributed by atoms with Gasteiger partial charge in [0.05, 0.1) is 11.7 Å². The molecule has 0 aliphatic heterocycles. The van der Waals surface area contributed by atoms with E-state index in [0.717, 1.165) is 4.68 Å². The van der Waals surface area contributed by atoms with Gasteiger partial charge in [0, 0.05) is 15.9 Å². The van der Waals surface area contributed by atoms with Gasteiger partial charge in [-0.15, -0.1) is 4.68 Å². The van der Waals surface area contributed by atoms with Crippen LogP contribution < -0.4 is 11.2 Å². The molecule has 2 aromatic heterocycles. The number of halogens is 1. The highest BCUT2D eigenvalue weighted by Crippen LogP contribution is 2.24. The maximum Gasteiger partial charge on any atom is 0.350 e. The number of aromatic hydroxyl groups is 1. The topological polar surface area (TPSA) is 103 Å². The number of nitrogens with one attached hydrogen (secondary N) is 2. The molecule has 0 aliphatic rings. The predicted octanol–water partition coefficient (Wildman–Crippen LogP) is 2.41. The van der Waals surface area contributed by atoms with E-state index in [0.29, 0.717) is 27.0 Å². The number of benzene rings is 2. The van der Waals surface area contributed by atoms with Crippen molar-refractivity contribution in [1.82, 2.24) is 14.6 Å². The van der Waals surface area contributed by atoms with Crippen LogP contribution in [0, 0.1) is 0 Å². The monoisotopic (exact) mass is 354 g/mol. The Morgan fingerprint density at radius 2 is 1.92 bits per heavy atom. The molecule has 2 aromatic carbocycles. The molecule has 0 atom stereocenters. The van der Waals surface area contributed by atoms with E-state index in [9.17, 15) is 14.7 Å². The summed E-state index contributed by atoms with van der Waals surface area (Å²) in [5, 5.41) is 14.5. The largest absolute Gasteiger partial charge is 0.508 e. The molecule has 4 rings (SSSR count). The molecule has 25 heavy (non-hydrogen) atoms. The summed E-state index contributed by atoms with van der Waals surface area (Å²) < 4.78 is 0.726. The van der Waals surface area contributed by atoms with Gasteiger partial charge in [-0.3, -0.25) is 4.79 Å². The standard InChI is InChI=1S/C17H11ClN4O3/c18-10-4-5-13-12(7-10)14-15(20-13)16(24)22(17(25)21-14)19-8-9-2-1-3-11(23)6-9/h1-8,20,23H,(H,21,25)/b19-8-. The summed E-state index contributed by atoms with van der Waals surface area (Å²) in [7, 11) is 0. The van der Waals surface area contributed by atoms with Gasteiger partial charge in [-0.2, -0.15) is 5.10 Å². The van der Waals surface area contributed by atoms with E-state index < -0.39 is 11.2 Å². The minimum atomic E-state index is -0.672. The summed E-state index contributed by atoms with van der Waals surface area (Å²) in [6.45, 7) is 0. The van der Waals surface area contributed by atoms with Crippen LogP contribution >= 0.6 is 11.6 Å². The Kier molecular flexibility index (Phi) is 3.43. The van der Waals surface area contributed by atoms with Crippen molar-refractivity contribution in [2.45, 2.75) is 0 Å². The van der Waals surface area contributed by atoms with Crippen LogP contribution in [0.15, 0.2) is 57.2 Å². The highest BCUT2D eigenvalue weighted by molar-refractivity contribution is 6.31. The van der Waals surface area contributed by atoms with Crippen LogP contribution in [-0.2, 0) is 0 Å². The zero-order valence-electron chi connectivity index (χ0n) is 12.7. The second-order valence-electron chi connectivity index (χ2n) is 5.45. The number of phenolic OH excluding ortho intramolecular Hbond substituents is 1. The van der Waals surface area contributed by atoms with Crippen LogP contribution in [0.3, 0.4) is 0 Å². The van der Waals surface area contributed by atoms with Crippen molar-refractivity contribution in [3.63, 3.8) is 0 Å². The van der Waals surface area contributed by atoms with E-state index in [-0.39, 0.29) is 11.3 Å². The molecule has 3 N–H and O–H groups in total. The summed E-state index contributed by atoms with van der Waals surface area (Å²) in [4.78, 5) is 30.5. The maximum absolute atomic E-state index is 12.6. The smallest absolute Gasteiger partial charge is 0.350 e. The summed E-state index contributed by atoms with van der Waals surface area (Å²) >= 11 is 5.98. The third-order valence-electron chi connectivity index (χ3n) is 3.78. The molecule has 124 valence electrons. The average Bonchev–Trinajstić information content (AvgIpc) is 2.93. The molecule has 0 aliphatic carbocycles. The van der Waals surface area contributed by atoms with Crippen molar-refractivity contribution in [3.8, 4) is 5.75 Å². The number of nitrogens with zero attached hydrogens (tertiary/aromatic N) is 2. The Morgan fingerprint density at radius 3 is 2.72 bits per heavy atom. The fraction of sp³-hybridized carbons (Fsp3) is 0. The van der Waals surface area contributed by atoms with Crippen LogP contribution in [-0.4, -0.2) is 26.0 Å². The first-order valence-corrected chi connectivity index (χ1v) is 7.70. The van der Waals surface area contributed by atoms with Gasteiger partial charge in [0.2, 0.25) is 0 Å². The van der Waals surface area contributed by atoms with Crippen LogP contribution in [0.2, 0.25) is 5.02 Å². The van der Waals surface area contributed by atoms with Crippen LogP contribution in [0.5, 0.6) is 5.75 Å². The van der Waals surface area contributed by atoms with Crippen LogP contribution in [0.25, 0.3) is 21.9 Å². The van der Waals surface area contributed by atoms with Gasteiger partial charge in [-0.05, 0) is 35.9 Å².